The molecule has 6 heteroatoms. The van der Waals surface area contributed by atoms with Crippen molar-refractivity contribution in [2.45, 2.75) is 45.6 Å². The molecule has 2 aliphatic rings. The van der Waals surface area contributed by atoms with Crippen molar-refractivity contribution in [3.05, 3.63) is 0 Å². The number of guanidine groups is 1. The number of morpholine rings is 1. The molecule has 2 fully saturated rings. The van der Waals surface area contributed by atoms with Gasteiger partial charge in [-0.2, -0.15) is 11.8 Å². The van der Waals surface area contributed by atoms with E-state index in [0.717, 1.165) is 57.8 Å². The van der Waals surface area contributed by atoms with Crippen LogP contribution < -0.4 is 10.6 Å². The molecular weight excluding hydrogens is 320 g/mol. The smallest absolute Gasteiger partial charge is 0.191 e. The first-order chi connectivity index (χ1) is 11.7. The Bertz CT molecular complexity index is 377. The zero-order valence-electron chi connectivity index (χ0n) is 15.8. The molecule has 0 bridgehead atoms. The van der Waals surface area contributed by atoms with E-state index in [2.05, 4.69) is 48.1 Å². The van der Waals surface area contributed by atoms with E-state index in [9.17, 15) is 0 Å². The summed E-state index contributed by atoms with van der Waals surface area (Å²) < 4.78 is 5.54. The molecule has 2 N–H and O–H groups in total. The number of rotatable bonds is 8. The standard InChI is InChI=1S/C18H36N4OS/c1-4-19-17(20-8-5-6-16(2)3)21-14-18(7-13-24-15-18)22-9-11-23-12-10-22/h16H,4-15H2,1-3H3,(H2,19,20,21). The Morgan fingerprint density at radius 2 is 2.08 bits per heavy atom. The number of thioether (sulfide) groups is 1. The van der Waals surface area contributed by atoms with E-state index in [0.29, 0.717) is 0 Å². The lowest BCUT2D eigenvalue weighted by Crippen LogP contribution is -2.56. The highest BCUT2D eigenvalue weighted by molar-refractivity contribution is 7.99. The Morgan fingerprint density at radius 3 is 2.71 bits per heavy atom. The second-order valence-electron chi connectivity index (χ2n) is 7.28. The zero-order chi connectivity index (χ0) is 17.3. The molecule has 1 unspecified atom stereocenters. The van der Waals surface area contributed by atoms with Gasteiger partial charge in [-0.15, -0.1) is 0 Å². The molecule has 0 aromatic carbocycles. The molecule has 0 aromatic heterocycles. The van der Waals surface area contributed by atoms with Gasteiger partial charge < -0.3 is 15.4 Å². The van der Waals surface area contributed by atoms with Crippen molar-refractivity contribution in [1.29, 1.82) is 0 Å². The molecule has 0 aliphatic carbocycles. The highest BCUT2D eigenvalue weighted by Crippen LogP contribution is 2.34. The van der Waals surface area contributed by atoms with E-state index < -0.39 is 0 Å². The molecule has 2 aliphatic heterocycles. The molecule has 0 aromatic rings. The third-order valence-corrected chi connectivity index (χ3v) is 6.13. The first-order valence-electron chi connectivity index (χ1n) is 9.59. The van der Waals surface area contributed by atoms with Crippen LogP contribution >= 0.6 is 11.8 Å². The Morgan fingerprint density at radius 1 is 1.29 bits per heavy atom. The average molecular weight is 357 g/mol. The predicted molar refractivity (Wildman–Crippen MR) is 105 cm³/mol. The van der Waals surface area contributed by atoms with Crippen molar-refractivity contribution in [2.75, 3.05) is 57.4 Å². The van der Waals surface area contributed by atoms with Crippen LogP contribution in [0.2, 0.25) is 0 Å². The summed E-state index contributed by atoms with van der Waals surface area (Å²) in [6.07, 6.45) is 3.71. The van der Waals surface area contributed by atoms with Gasteiger partial charge in [0.1, 0.15) is 0 Å². The molecule has 0 amide bonds. The molecule has 0 saturated carbocycles. The summed E-state index contributed by atoms with van der Waals surface area (Å²) in [5, 5.41) is 6.91. The quantitative estimate of drug-likeness (QED) is 0.397. The highest BCUT2D eigenvalue weighted by Gasteiger charge is 2.40. The lowest BCUT2D eigenvalue weighted by molar-refractivity contribution is -0.0104. The summed E-state index contributed by atoms with van der Waals surface area (Å²) in [4.78, 5) is 7.59. The van der Waals surface area contributed by atoms with Gasteiger partial charge in [-0.3, -0.25) is 9.89 Å². The van der Waals surface area contributed by atoms with Gasteiger partial charge in [-0.1, -0.05) is 13.8 Å². The number of hydrogen-bond acceptors (Lipinski definition) is 4. The van der Waals surface area contributed by atoms with Gasteiger partial charge in [0, 0.05) is 31.9 Å². The topological polar surface area (TPSA) is 48.9 Å². The first-order valence-corrected chi connectivity index (χ1v) is 10.7. The normalized spacial score (nSPS) is 26.1. The molecular formula is C18H36N4OS. The second kappa shape index (κ2) is 10.5. The van der Waals surface area contributed by atoms with Gasteiger partial charge in [-0.25, -0.2) is 0 Å². The summed E-state index contributed by atoms with van der Waals surface area (Å²) in [5.74, 6) is 4.20. The lowest BCUT2D eigenvalue weighted by Gasteiger charge is -2.42. The van der Waals surface area contributed by atoms with Crippen molar-refractivity contribution >= 4 is 17.7 Å². The maximum atomic E-state index is 5.54. The molecule has 1 atom stereocenters. The third-order valence-electron chi connectivity index (χ3n) is 4.89. The SMILES string of the molecule is CCNC(=NCC1(N2CCOCC2)CCSC1)NCCCC(C)C. The fourth-order valence-corrected chi connectivity index (χ4v) is 4.86. The van der Waals surface area contributed by atoms with Gasteiger partial charge in [0.25, 0.3) is 0 Å². The maximum Gasteiger partial charge on any atom is 0.191 e. The van der Waals surface area contributed by atoms with Crippen molar-refractivity contribution < 1.29 is 4.74 Å². The van der Waals surface area contributed by atoms with Crippen LogP contribution in [-0.2, 0) is 4.74 Å². The van der Waals surface area contributed by atoms with Crippen LogP contribution in [0.4, 0.5) is 0 Å². The van der Waals surface area contributed by atoms with E-state index in [1.807, 2.05) is 0 Å². The van der Waals surface area contributed by atoms with Crippen LogP contribution in [0.3, 0.4) is 0 Å². The minimum absolute atomic E-state index is 0.231. The highest BCUT2D eigenvalue weighted by atomic mass is 32.2. The molecule has 24 heavy (non-hydrogen) atoms. The first kappa shape index (κ1) is 19.9. The molecule has 5 nitrogen and oxygen atoms in total. The number of hydrogen-bond donors (Lipinski definition) is 2. The Balaban J connectivity index is 1.91. The van der Waals surface area contributed by atoms with Crippen molar-refractivity contribution in [2.24, 2.45) is 10.9 Å². The summed E-state index contributed by atoms with van der Waals surface area (Å²) in [7, 11) is 0. The van der Waals surface area contributed by atoms with E-state index in [1.54, 1.807) is 0 Å². The summed E-state index contributed by atoms with van der Waals surface area (Å²) in [6, 6.07) is 0. The molecule has 2 saturated heterocycles. The van der Waals surface area contributed by atoms with E-state index >= 15 is 0 Å². The maximum absolute atomic E-state index is 5.54. The van der Waals surface area contributed by atoms with Gasteiger partial charge in [0.15, 0.2) is 5.96 Å². The summed E-state index contributed by atoms with van der Waals surface area (Å²) in [6.45, 7) is 13.3. The zero-order valence-corrected chi connectivity index (χ0v) is 16.6. The van der Waals surface area contributed by atoms with Crippen LogP contribution in [-0.4, -0.2) is 73.8 Å². The van der Waals surface area contributed by atoms with Gasteiger partial charge >= 0.3 is 0 Å². The van der Waals surface area contributed by atoms with Crippen LogP contribution in [0.25, 0.3) is 0 Å². The molecule has 2 heterocycles. The van der Waals surface area contributed by atoms with Crippen molar-refractivity contribution in [3.63, 3.8) is 0 Å². The van der Waals surface area contributed by atoms with Crippen LogP contribution in [0.1, 0.15) is 40.0 Å². The monoisotopic (exact) mass is 356 g/mol. The number of nitrogens with zero attached hydrogens (tertiary/aromatic N) is 2. The second-order valence-corrected chi connectivity index (χ2v) is 8.39. The average Bonchev–Trinajstić information content (AvgIpc) is 3.07. The minimum Gasteiger partial charge on any atom is -0.379 e. The van der Waals surface area contributed by atoms with Gasteiger partial charge in [0.2, 0.25) is 0 Å². The number of aliphatic imine (C=N–C) groups is 1. The fraction of sp³-hybridized carbons (Fsp3) is 0.944. The minimum atomic E-state index is 0.231. The van der Waals surface area contributed by atoms with E-state index in [1.165, 1.54) is 30.8 Å². The Labute approximate surface area is 152 Å². The Hall–Kier alpha value is -0.460. The Kier molecular flexibility index (Phi) is 8.70. The molecule has 0 radical (unpaired) electrons. The predicted octanol–water partition coefficient (Wildman–Crippen LogP) is 2.19. The lowest BCUT2D eigenvalue weighted by atomic mass is 9.96. The van der Waals surface area contributed by atoms with E-state index in [4.69, 9.17) is 9.73 Å². The molecule has 0 spiro atoms. The number of nitrogens with one attached hydrogen (secondary N) is 2. The van der Waals surface area contributed by atoms with Crippen molar-refractivity contribution in [3.8, 4) is 0 Å². The van der Waals surface area contributed by atoms with Crippen LogP contribution in [0.15, 0.2) is 4.99 Å². The fourth-order valence-electron chi connectivity index (χ4n) is 3.39. The van der Waals surface area contributed by atoms with E-state index in [-0.39, 0.29) is 5.54 Å². The van der Waals surface area contributed by atoms with Crippen molar-refractivity contribution in [1.82, 2.24) is 15.5 Å². The molecule has 140 valence electrons. The van der Waals surface area contributed by atoms with Gasteiger partial charge in [-0.05, 0) is 37.9 Å². The van der Waals surface area contributed by atoms with Gasteiger partial charge in [0.05, 0.1) is 25.3 Å². The summed E-state index contributed by atoms with van der Waals surface area (Å²) in [5.41, 5.74) is 0.231. The summed E-state index contributed by atoms with van der Waals surface area (Å²) >= 11 is 2.07. The molecule has 2 rings (SSSR count). The number of ether oxygens (including phenoxy) is 1. The van der Waals surface area contributed by atoms with Crippen LogP contribution in [0.5, 0.6) is 0 Å². The largest absolute Gasteiger partial charge is 0.379 e. The van der Waals surface area contributed by atoms with Crippen LogP contribution in [0, 0.1) is 5.92 Å². The third kappa shape index (κ3) is 6.12.